The highest BCUT2D eigenvalue weighted by atomic mass is 16.5. The summed E-state index contributed by atoms with van der Waals surface area (Å²) in [5, 5.41) is 3.12. The summed E-state index contributed by atoms with van der Waals surface area (Å²) in [5.41, 5.74) is 6.79. The molecule has 5 nitrogen and oxygen atoms in total. The fraction of sp³-hybridized carbons (Fsp3) is 0.611. The first-order chi connectivity index (χ1) is 11.2. The van der Waals surface area contributed by atoms with Gasteiger partial charge in [0.1, 0.15) is 5.75 Å². The fourth-order valence-electron chi connectivity index (χ4n) is 2.98. The molecule has 0 unspecified atom stereocenters. The Labute approximate surface area is 139 Å². The van der Waals surface area contributed by atoms with Gasteiger partial charge in [0.15, 0.2) is 5.96 Å². The minimum atomic E-state index is -0.130. The summed E-state index contributed by atoms with van der Waals surface area (Å²) in [7, 11) is 1.65. The standard InChI is InChI=1S/C18H29N3O2/c1-3-12-23-18(10-5-4-6-11-18)14-20-17(19)21-15-8-7-9-16(13-15)22-2/h7-9,13H,3-6,10-12,14H2,1-2H3,(H3,19,20,21). The molecular weight excluding hydrogens is 290 g/mol. The highest BCUT2D eigenvalue weighted by Gasteiger charge is 2.32. The van der Waals surface area contributed by atoms with Crippen LogP contribution in [0.3, 0.4) is 0 Å². The lowest BCUT2D eigenvalue weighted by molar-refractivity contribution is -0.0624. The van der Waals surface area contributed by atoms with Crippen molar-refractivity contribution in [3.05, 3.63) is 24.3 Å². The largest absolute Gasteiger partial charge is 0.497 e. The van der Waals surface area contributed by atoms with Gasteiger partial charge in [0.25, 0.3) is 0 Å². The van der Waals surface area contributed by atoms with Crippen LogP contribution in [0.15, 0.2) is 29.3 Å². The molecule has 0 radical (unpaired) electrons. The topological polar surface area (TPSA) is 68.9 Å². The third kappa shape index (κ3) is 5.43. The molecule has 128 valence electrons. The first-order valence-corrected chi connectivity index (χ1v) is 8.52. The van der Waals surface area contributed by atoms with E-state index in [-0.39, 0.29) is 5.60 Å². The number of hydrogen-bond donors (Lipinski definition) is 2. The number of ether oxygens (including phenoxy) is 2. The predicted octanol–water partition coefficient (Wildman–Crippen LogP) is 3.55. The van der Waals surface area contributed by atoms with E-state index in [1.807, 2.05) is 24.3 Å². The summed E-state index contributed by atoms with van der Waals surface area (Å²) < 4.78 is 11.4. The van der Waals surface area contributed by atoms with Crippen molar-refractivity contribution in [2.24, 2.45) is 10.7 Å². The summed E-state index contributed by atoms with van der Waals surface area (Å²) in [4.78, 5) is 4.54. The van der Waals surface area contributed by atoms with E-state index in [4.69, 9.17) is 15.2 Å². The van der Waals surface area contributed by atoms with Crippen LogP contribution in [-0.4, -0.2) is 31.8 Å². The highest BCUT2D eigenvalue weighted by Crippen LogP contribution is 2.32. The van der Waals surface area contributed by atoms with Gasteiger partial charge in [-0.3, -0.25) is 4.99 Å². The Morgan fingerprint density at radius 1 is 1.30 bits per heavy atom. The molecule has 0 bridgehead atoms. The van der Waals surface area contributed by atoms with Gasteiger partial charge in [-0.2, -0.15) is 0 Å². The molecule has 1 fully saturated rings. The molecule has 1 aliphatic rings. The van der Waals surface area contributed by atoms with Crippen LogP contribution in [0.1, 0.15) is 45.4 Å². The van der Waals surface area contributed by atoms with Crippen LogP contribution >= 0.6 is 0 Å². The number of benzene rings is 1. The third-order valence-electron chi connectivity index (χ3n) is 4.26. The van der Waals surface area contributed by atoms with Gasteiger partial charge < -0.3 is 20.5 Å². The van der Waals surface area contributed by atoms with Crippen molar-refractivity contribution >= 4 is 11.6 Å². The molecule has 0 aliphatic heterocycles. The van der Waals surface area contributed by atoms with Gasteiger partial charge in [0, 0.05) is 18.4 Å². The number of guanidine groups is 1. The van der Waals surface area contributed by atoms with Gasteiger partial charge in [-0.05, 0) is 31.4 Å². The second-order valence-corrected chi connectivity index (χ2v) is 6.15. The third-order valence-corrected chi connectivity index (χ3v) is 4.26. The number of nitrogens with one attached hydrogen (secondary N) is 1. The molecule has 0 amide bonds. The zero-order valence-electron chi connectivity index (χ0n) is 14.3. The van der Waals surface area contributed by atoms with Gasteiger partial charge in [-0.25, -0.2) is 0 Å². The molecule has 0 heterocycles. The van der Waals surface area contributed by atoms with E-state index in [2.05, 4.69) is 17.2 Å². The van der Waals surface area contributed by atoms with E-state index in [0.29, 0.717) is 12.5 Å². The van der Waals surface area contributed by atoms with Crippen molar-refractivity contribution in [1.82, 2.24) is 0 Å². The Morgan fingerprint density at radius 2 is 2.09 bits per heavy atom. The Bertz CT molecular complexity index is 511. The maximum atomic E-state index is 6.15. The van der Waals surface area contributed by atoms with Crippen LogP contribution in [0.4, 0.5) is 5.69 Å². The average molecular weight is 319 g/mol. The average Bonchev–Trinajstić information content (AvgIpc) is 2.59. The van der Waals surface area contributed by atoms with Crippen molar-refractivity contribution < 1.29 is 9.47 Å². The summed E-state index contributed by atoms with van der Waals surface area (Å²) in [5.74, 6) is 1.21. The molecule has 2 rings (SSSR count). The summed E-state index contributed by atoms with van der Waals surface area (Å²) in [6, 6.07) is 7.65. The molecular formula is C18H29N3O2. The second kappa shape index (κ2) is 8.77. The predicted molar refractivity (Wildman–Crippen MR) is 95.2 cm³/mol. The number of rotatable bonds is 7. The van der Waals surface area contributed by atoms with Gasteiger partial charge in [-0.15, -0.1) is 0 Å². The Kier molecular flexibility index (Phi) is 6.71. The number of aliphatic imine (C=N–C) groups is 1. The van der Waals surface area contributed by atoms with Crippen LogP contribution in [-0.2, 0) is 4.74 Å². The molecule has 1 aromatic carbocycles. The van der Waals surface area contributed by atoms with Crippen molar-refractivity contribution in [1.29, 1.82) is 0 Å². The van der Waals surface area contributed by atoms with Crippen LogP contribution < -0.4 is 15.8 Å². The maximum Gasteiger partial charge on any atom is 0.193 e. The smallest absolute Gasteiger partial charge is 0.193 e. The zero-order valence-corrected chi connectivity index (χ0v) is 14.3. The SMILES string of the molecule is CCCOC1(CN=C(N)Nc2cccc(OC)c2)CCCCC1. The van der Waals surface area contributed by atoms with E-state index in [1.165, 1.54) is 19.3 Å². The van der Waals surface area contributed by atoms with Crippen molar-refractivity contribution in [2.75, 3.05) is 25.6 Å². The second-order valence-electron chi connectivity index (χ2n) is 6.15. The normalized spacial score (nSPS) is 17.7. The van der Waals surface area contributed by atoms with Crippen LogP contribution in [0.25, 0.3) is 0 Å². The number of anilines is 1. The van der Waals surface area contributed by atoms with E-state index < -0.39 is 0 Å². The first-order valence-electron chi connectivity index (χ1n) is 8.52. The highest BCUT2D eigenvalue weighted by molar-refractivity contribution is 5.92. The molecule has 3 N–H and O–H groups in total. The van der Waals surface area contributed by atoms with Crippen LogP contribution in [0.2, 0.25) is 0 Å². The minimum Gasteiger partial charge on any atom is -0.497 e. The van der Waals surface area contributed by atoms with Gasteiger partial charge in [0.2, 0.25) is 0 Å². The monoisotopic (exact) mass is 319 g/mol. The number of hydrogen-bond acceptors (Lipinski definition) is 3. The quantitative estimate of drug-likeness (QED) is 0.595. The zero-order chi connectivity index (χ0) is 16.5. The maximum absolute atomic E-state index is 6.15. The van der Waals surface area contributed by atoms with Crippen molar-refractivity contribution in [3.8, 4) is 5.75 Å². The van der Waals surface area contributed by atoms with Gasteiger partial charge in [0.05, 0.1) is 19.3 Å². The van der Waals surface area contributed by atoms with Crippen LogP contribution in [0, 0.1) is 0 Å². The molecule has 1 saturated carbocycles. The first kappa shape index (κ1) is 17.6. The molecule has 1 aromatic rings. The fourth-order valence-corrected chi connectivity index (χ4v) is 2.98. The summed E-state index contributed by atoms with van der Waals surface area (Å²) in [6.45, 7) is 3.55. The van der Waals surface area contributed by atoms with Gasteiger partial charge >= 0.3 is 0 Å². The molecule has 23 heavy (non-hydrogen) atoms. The number of nitrogens with zero attached hydrogens (tertiary/aromatic N) is 1. The van der Waals surface area contributed by atoms with E-state index >= 15 is 0 Å². The lowest BCUT2D eigenvalue weighted by Crippen LogP contribution is -2.39. The lowest BCUT2D eigenvalue weighted by Gasteiger charge is -2.36. The van der Waals surface area contributed by atoms with Gasteiger partial charge in [-0.1, -0.05) is 32.3 Å². The molecule has 0 spiro atoms. The van der Waals surface area contributed by atoms with Crippen molar-refractivity contribution in [3.63, 3.8) is 0 Å². The Balaban J connectivity index is 1.97. The number of methoxy groups -OCH3 is 1. The van der Waals surface area contributed by atoms with Crippen molar-refractivity contribution in [2.45, 2.75) is 51.0 Å². The van der Waals surface area contributed by atoms with E-state index in [1.54, 1.807) is 7.11 Å². The lowest BCUT2D eigenvalue weighted by atomic mass is 9.84. The molecule has 0 saturated heterocycles. The molecule has 5 heteroatoms. The molecule has 0 aromatic heterocycles. The van der Waals surface area contributed by atoms with E-state index in [0.717, 1.165) is 37.3 Å². The number of nitrogens with two attached hydrogens (primary N) is 1. The Hall–Kier alpha value is -1.75. The Morgan fingerprint density at radius 3 is 2.78 bits per heavy atom. The minimum absolute atomic E-state index is 0.130. The summed E-state index contributed by atoms with van der Waals surface area (Å²) >= 11 is 0. The van der Waals surface area contributed by atoms with E-state index in [9.17, 15) is 0 Å². The molecule has 0 atom stereocenters. The molecule has 1 aliphatic carbocycles. The van der Waals surface area contributed by atoms with Crippen LogP contribution in [0.5, 0.6) is 5.75 Å². The summed E-state index contributed by atoms with van der Waals surface area (Å²) in [6.07, 6.45) is 6.89.